The summed E-state index contributed by atoms with van der Waals surface area (Å²) in [6, 6.07) is 7.45. The number of benzene rings is 1. The summed E-state index contributed by atoms with van der Waals surface area (Å²) in [6.07, 6.45) is 0. The summed E-state index contributed by atoms with van der Waals surface area (Å²) in [5, 5.41) is 0. The number of halogens is 1. The lowest BCUT2D eigenvalue weighted by molar-refractivity contribution is 0.0746. The molecule has 0 spiro atoms. The number of methoxy groups -OCH3 is 1. The highest BCUT2D eigenvalue weighted by atomic mass is 79.9. The second-order valence-corrected chi connectivity index (χ2v) is 7.86. The largest absolute Gasteiger partial charge is 0.496 e. The van der Waals surface area contributed by atoms with Gasteiger partial charge in [-0.15, -0.1) is 0 Å². The van der Waals surface area contributed by atoms with Crippen molar-refractivity contribution in [1.29, 1.82) is 0 Å². The Balaban J connectivity index is 1.68. The number of anilines is 1. The number of nitrogens with zero attached hydrogens (tertiary/aromatic N) is 4. The summed E-state index contributed by atoms with van der Waals surface area (Å²) in [6.45, 7) is 9.06. The van der Waals surface area contributed by atoms with Gasteiger partial charge in [0.15, 0.2) is 0 Å². The summed E-state index contributed by atoms with van der Waals surface area (Å²) in [7, 11) is 1.61. The van der Waals surface area contributed by atoms with Gasteiger partial charge in [-0.3, -0.25) is 4.79 Å². The number of amides is 1. The first kappa shape index (κ1) is 19.6. The third-order valence-electron chi connectivity index (χ3n) is 4.66. The van der Waals surface area contributed by atoms with Crippen LogP contribution in [0.5, 0.6) is 5.75 Å². The Labute approximate surface area is 168 Å². The van der Waals surface area contributed by atoms with Crippen LogP contribution in [0, 0.1) is 6.92 Å². The first-order chi connectivity index (χ1) is 12.9. The Kier molecular flexibility index (Phi) is 5.99. The molecule has 3 rings (SSSR count). The van der Waals surface area contributed by atoms with Gasteiger partial charge in [-0.1, -0.05) is 13.8 Å². The van der Waals surface area contributed by atoms with Crippen LogP contribution in [0.15, 0.2) is 28.7 Å². The van der Waals surface area contributed by atoms with Crippen LogP contribution in [0.1, 0.15) is 41.6 Å². The summed E-state index contributed by atoms with van der Waals surface area (Å²) >= 11 is 3.45. The monoisotopic (exact) mass is 432 g/mol. The first-order valence-corrected chi connectivity index (χ1v) is 9.91. The SMILES string of the molecule is COc1ccc(C(=O)N2CCN(c3cc(C)nc(C(C)C)n3)CC2)cc1Br. The van der Waals surface area contributed by atoms with Gasteiger partial charge < -0.3 is 14.5 Å². The summed E-state index contributed by atoms with van der Waals surface area (Å²) in [5.74, 6) is 2.87. The fourth-order valence-electron chi connectivity index (χ4n) is 3.12. The number of piperazine rings is 1. The second-order valence-electron chi connectivity index (χ2n) is 7.01. The van der Waals surface area contributed by atoms with Crippen molar-refractivity contribution < 1.29 is 9.53 Å². The Morgan fingerprint density at radius 3 is 2.44 bits per heavy atom. The van der Waals surface area contributed by atoms with E-state index in [0.29, 0.717) is 24.6 Å². The Morgan fingerprint density at radius 2 is 1.85 bits per heavy atom. The number of carbonyl (C=O) groups excluding carboxylic acids is 1. The quantitative estimate of drug-likeness (QED) is 0.737. The van der Waals surface area contributed by atoms with E-state index in [1.54, 1.807) is 13.2 Å². The molecule has 1 aliphatic rings. The molecule has 2 aromatic rings. The molecule has 144 valence electrons. The number of aryl methyl sites for hydroxylation is 1. The summed E-state index contributed by atoms with van der Waals surface area (Å²) in [4.78, 5) is 26.2. The predicted octanol–water partition coefficient (Wildman–Crippen LogP) is 3.64. The zero-order valence-corrected chi connectivity index (χ0v) is 17.8. The van der Waals surface area contributed by atoms with Gasteiger partial charge in [0.1, 0.15) is 17.4 Å². The highest BCUT2D eigenvalue weighted by molar-refractivity contribution is 9.10. The molecular formula is C20H25BrN4O2. The second kappa shape index (κ2) is 8.25. The lowest BCUT2D eigenvalue weighted by Gasteiger charge is -2.35. The highest BCUT2D eigenvalue weighted by Crippen LogP contribution is 2.26. The van der Waals surface area contributed by atoms with Crippen molar-refractivity contribution in [2.75, 3.05) is 38.2 Å². The van der Waals surface area contributed by atoms with E-state index in [4.69, 9.17) is 9.72 Å². The van der Waals surface area contributed by atoms with Gasteiger partial charge in [0.05, 0.1) is 11.6 Å². The van der Waals surface area contributed by atoms with E-state index < -0.39 is 0 Å². The van der Waals surface area contributed by atoms with Crippen LogP contribution in [-0.2, 0) is 0 Å². The fourth-order valence-corrected chi connectivity index (χ4v) is 3.66. The van der Waals surface area contributed by atoms with Crippen molar-refractivity contribution in [3.05, 3.63) is 45.8 Å². The fraction of sp³-hybridized carbons (Fsp3) is 0.450. The molecule has 0 atom stereocenters. The lowest BCUT2D eigenvalue weighted by Crippen LogP contribution is -2.49. The minimum absolute atomic E-state index is 0.0414. The molecule has 0 saturated carbocycles. The Bertz CT molecular complexity index is 833. The van der Waals surface area contributed by atoms with Crippen molar-refractivity contribution in [1.82, 2.24) is 14.9 Å². The van der Waals surface area contributed by atoms with E-state index in [1.165, 1.54) is 0 Å². The van der Waals surface area contributed by atoms with Crippen LogP contribution >= 0.6 is 15.9 Å². The summed E-state index contributed by atoms with van der Waals surface area (Å²) < 4.78 is 6.02. The minimum atomic E-state index is 0.0414. The van der Waals surface area contributed by atoms with Crippen LogP contribution in [0.2, 0.25) is 0 Å². The van der Waals surface area contributed by atoms with Crippen LogP contribution in [0.4, 0.5) is 5.82 Å². The maximum absolute atomic E-state index is 12.8. The number of hydrogen-bond donors (Lipinski definition) is 0. The number of carbonyl (C=O) groups is 1. The molecule has 1 fully saturated rings. The maximum atomic E-state index is 12.8. The number of rotatable bonds is 4. The number of aromatic nitrogens is 2. The normalized spacial score (nSPS) is 14.6. The average molecular weight is 433 g/mol. The number of ether oxygens (including phenoxy) is 1. The molecule has 0 aliphatic carbocycles. The molecule has 1 aromatic heterocycles. The predicted molar refractivity (Wildman–Crippen MR) is 110 cm³/mol. The van der Waals surface area contributed by atoms with Crippen molar-refractivity contribution >= 4 is 27.7 Å². The Morgan fingerprint density at radius 1 is 1.15 bits per heavy atom. The van der Waals surface area contributed by atoms with Crippen molar-refractivity contribution in [2.45, 2.75) is 26.7 Å². The molecule has 0 bridgehead atoms. The Hall–Kier alpha value is -2.15. The van der Waals surface area contributed by atoms with Crippen molar-refractivity contribution in [3.63, 3.8) is 0 Å². The first-order valence-electron chi connectivity index (χ1n) is 9.12. The van der Waals surface area contributed by atoms with Gasteiger partial charge >= 0.3 is 0 Å². The molecule has 0 radical (unpaired) electrons. The summed E-state index contributed by atoms with van der Waals surface area (Å²) in [5.41, 5.74) is 1.64. The van der Waals surface area contributed by atoms with E-state index in [-0.39, 0.29) is 5.91 Å². The zero-order valence-electron chi connectivity index (χ0n) is 16.2. The van der Waals surface area contributed by atoms with Crippen LogP contribution < -0.4 is 9.64 Å². The average Bonchev–Trinajstić information content (AvgIpc) is 2.67. The van der Waals surface area contributed by atoms with E-state index in [0.717, 1.165) is 40.6 Å². The van der Waals surface area contributed by atoms with Crippen molar-refractivity contribution in [3.8, 4) is 5.75 Å². The third kappa shape index (κ3) is 4.40. The van der Waals surface area contributed by atoms with E-state index in [1.807, 2.05) is 30.0 Å². The third-order valence-corrected chi connectivity index (χ3v) is 5.28. The lowest BCUT2D eigenvalue weighted by atomic mass is 10.1. The molecule has 6 nitrogen and oxygen atoms in total. The molecular weight excluding hydrogens is 408 g/mol. The highest BCUT2D eigenvalue weighted by Gasteiger charge is 2.24. The van der Waals surface area contributed by atoms with Gasteiger partial charge in [0.2, 0.25) is 0 Å². The van der Waals surface area contributed by atoms with Gasteiger partial charge in [-0.05, 0) is 41.1 Å². The molecule has 1 amide bonds. The van der Waals surface area contributed by atoms with Crippen LogP contribution in [0.25, 0.3) is 0 Å². The molecule has 0 unspecified atom stereocenters. The number of hydrogen-bond acceptors (Lipinski definition) is 5. The van der Waals surface area contributed by atoms with Gasteiger partial charge in [-0.2, -0.15) is 0 Å². The van der Waals surface area contributed by atoms with Gasteiger partial charge in [0.25, 0.3) is 5.91 Å². The molecule has 1 aromatic carbocycles. The molecule has 1 saturated heterocycles. The molecule has 7 heteroatoms. The standard InChI is InChI=1S/C20H25BrN4O2/c1-13(2)19-22-14(3)11-18(23-19)24-7-9-25(10-8-24)20(26)15-5-6-17(27-4)16(21)12-15/h5-6,11-13H,7-10H2,1-4H3. The molecule has 1 aliphatic heterocycles. The molecule has 27 heavy (non-hydrogen) atoms. The van der Waals surface area contributed by atoms with Gasteiger partial charge in [-0.25, -0.2) is 9.97 Å². The van der Waals surface area contributed by atoms with Gasteiger partial charge in [0, 0.05) is 49.4 Å². The molecule has 0 N–H and O–H groups in total. The maximum Gasteiger partial charge on any atom is 0.254 e. The van der Waals surface area contributed by atoms with Crippen LogP contribution in [0.3, 0.4) is 0 Å². The smallest absolute Gasteiger partial charge is 0.254 e. The van der Waals surface area contributed by atoms with Crippen molar-refractivity contribution in [2.24, 2.45) is 0 Å². The van der Waals surface area contributed by atoms with Crippen LogP contribution in [-0.4, -0.2) is 54.1 Å². The van der Waals surface area contributed by atoms with E-state index in [2.05, 4.69) is 39.7 Å². The molecule has 2 heterocycles. The topological polar surface area (TPSA) is 58.6 Å². The van der Waals surface area contributed by atoms with E-state index in [9.17, 15) is 4.79 Å². The van der Waals surface area contributed by atoms with E-state index >= 15 is 0 Å². The minimum Gasteiger partial charge on any atom is -0.496 e. The zero-order chi connectivity index (χ0) is 19.6.